The second kappa shape index (κ2) is 4.25. The molecule has 4 aliphatic carbocycles. The van der Waals surface area contributed by atoms with Gasteiger partial charge in [0.05, 0.1) is 11.3 Å². The number of fused-ring (bicyclic) bond motifs is 1. The third kappa shape index (κ3) is 1.76. The van der Waals surface area contributed by atoms with Crippen molar-refractivity contribution < 1.29 is 5.11 Å². The van der Waals surface area contributed by atoms with Crippen molar-refractivity contribution >= 4 is 16.7 Å². The van der Waals surface area contributed by atoms with Gasteiger partial charge in [-0.05, 0) is 68.4 Å². The third-order valence-corrected chi connectivity index (χ3v) is 6.22. The Morgan fingerprint density at radius 1 is 1.27 bits per heavy atom. The molecule has 6 rings (SSSR count). The van der Waals surface area contributed by atoms with Gasteiger partial charge < -0.3 is 15.4 Å². The molecule has 0 amide bonds. The summed E-state index contributed by atoms with van der Waals surface area (Å²) in [5.74, 6) is 1.93. The number of nitrogens with zero attached hydrogens (tertiary/aromatic N) is 1. The van der Waals surface area contributed by atoms with Gasteiger partial charge in [-0.1, -0.05) is 0 Å². The van der Waals surface area contributed by atoms with Crippen LogP contribution in [-0.2, 0) is 0 Å². The van der Waals surface area contributed by atoms with Gasteiger partial charge in [0.15, 0.2) is 0 Å². The number of aliphatic hydroxyl groups is 1. The molecule has 4 heteroatoms. The maximum Gasteiger partial charge on any atom is 0.139 e. The van der Waals surface area contributed by atoms with Crippen molar-refractivity contribution in [2.45, 2.75) is 43.7 Å². The lowest BCUT2D eigenvalue weighted by atomic mass is 9.52. The van der Waals surface area contributed by atoms with Crippen LogP contribution in [0.25, 0.3) is 11.0 Å². The van der Waals surface area contributed by atoms with Crippen LogP contribution < -0.4 is 5.32 Å². The van der Waals surface area contributed by atoms with Gasteiger partial charge in [0.1, 0.15) is 5.65 Å². The van der Waals surface area contributed by atoms with E-state index >= 15 is 0 Å². The number of aromatic amines is 1. The first-order valence-corrected chi connectivity index (χ1v) is 8.38. The lowest BCUT2D eigenvalue weighted by molar-refractivity contribution is -0.129. The smallest absolute Gasteiger partial charge is 0.139 e. The summed E-state index contributed by atoms with van der Waals surface area (Å²) >= 11 is 0. The highest BCUT2D eigenvalue weighted by Crippen LogP contribution is 2.56. The SMILES string of the molecule is [CH2]c1cnc2[nH]ccc2c1NC1C2CC3CC1CC(O)(C3)C2. The molecule has 2 heterocycles. The van der Waals surface area contributed by atoms with Gasteiger partial charge in [-0.15, -0.1) is 0 Å². The van der Waals surface area contributed by atoms with E-state index in [4.69, 9.17) is 0 Å². The highest BCUT2D eigenvalue weighted by molar-refractivity contribution is 5.91. The molecule has 0 aliphatic heterocycles. The summed E-state index contributed by atoms with van der Waals surface area (Å²) in [5.41, 5.74) is 2.62. The summed E-state index contributed by atoms with van der Waals surface area (Å²) in [5, 5.41) is 15.7. The number of hydrogen-bond acceptors (Lipinski definition) is 3. The molecule has 0 aromatic carbocycles. The number of hydrogen-bond donors (Lipinski definition) is 3. The zero-order valence-corrected chi connectivity index (χ0v) is 12.7. The van der Waals surface area contributed by atoms with Crippen LogP contribution in [-0.4, -0.2) is 26.7 Å². The maximum atomic E-state index is 10.7. The van der Waals surface area contributed by atoms with Crippen LogP contribution in [0.5, 0.6) is 0 Å². The van der Waals surface area contributed by atoms with Crippen molar-refractivity contribution in [1.82, 2.24) is 9.97 Å². The fourth-order valence-electron chi connectivity index (χ4n) is 5.60. The first-order chi connectivity index (χ1) is 10.6. The predicted molar refractivity (Wildman–Crippen MR) is 86.5 cm³/mol. The summed E-state index contributed by atoms with van der Waals surface area (Å²) in [7, 11) is 0. The highest BCUT2D eigenvalue weighted by atomic mass is 16.3. The Morgan fingerprint density at radius 3 is 2.77 bits per heavy atom. The Bertz CT molecular complexity index is 721. The summed E-state index contributed by atoms with van der Waals surface area (Å²) < 4.78 is 0. The number of H-pyrrole nitrogens is 1. The molecule has 1 radical (unpaired) electrons. The van der Waals surface area contributed by atoms with E-state index in [1.54, 1.807) is 0 Å². The summed E-state index contributed by atoms with van der Waals surface area (Å²) in [6.07, 6.45) is 9.27. The molecule has 2 unspecified atom stereocenters. The molecule has 115 valence electrons. The van der Waals surface area contributed by atoms with Crippen molar-refractivity contribution in [1.29, 1.82) is 0 Å². The molecule has 4 bridgehead atoms. The molecule has 4 aliphatic rings. The average molecular weight is 296 g/mol. The Morgan fingerprint density at radius 2 is 2.05 bits per heavy atom. The Balaban J connectivity index is 1.51. The van der Waals surface area contributed by atoms with Gasteiger partial charge >= 0.3 is 0 Å². The highest BCUT2D eigenvalue weighted by Gasteiger charge is 2.54. The lowest BCUT2D eigenvalue weighted by Crippen LogP contribution is -2.59. The molecule has 3 N–H and O–H groups in total. The molecule has 2 atom stereocenters. The van der Waals surface area contributed by atoms with Gasteiger partial charge in [0.2, 0.25) is 0 Å². The van der Waals surface area contributed by atoms with Crippen LogP contribution in [0.15, 0.2) is 18.5 Å². The molecule has 22 heavy (non-hydrogen) atoms. The van der Waals surface area contributed by atoms with Crippen molar-refractivity contribution in [3.05, 3.63) is 30.9 Å². The van der Waals surface area contributed by atoms with E-state index in [-0.39, 0.29) is 5.60 Å². The standard InChI is InChI=1S/C18H22N3O/c1-10-9-20-17-14(2-3-19-17)15(10)21-16-12-4-11-5-13(16)8-18(22,6-11)7-12/h2-3,9,11-13,16,22H,1,4-8H2,(H2,19,20,21). The van der Waals surface area contributed by atoms with E-state index in [1.165, 1.54) is 12.8 Å². The van der Waals surface area contributed by atoms with Gasteiger partial charge in [0, 0.05) is 23.8 Å². The minimum atomic E-state index is -0.371. The number of rotatable bonds is 2. The normalized spacial score (nSPS) is 39.5. The molecule has 4 nitrogen and oxygen atoms in total. The summed E-state index contributed by atoms with van der Waals surface area (Å²) in [6, 6.07) is 2.54. The number of nitrogens with one attached hydrogen (secondary N) is 2. The molecule has 0 saturated heterocycles. The van der Waals surface area contributed by atoms with Gasteiger partial charge in [-0.25, -0.2) is 4.98 Å². The Kier molecular flexibility index (Phi) is 2.50. The average Bonchev–Trinajstić information content (AvgIpc) is 2.91. The van der Waals surface area contributed by atoms with E-state index in [9.17, 15) is 5.11 Å². The minimum Gasteiger partial charge on any atom is -0.390 e. The lowest BCUT2D eigenvalue weighted by Gasteiger charge is -2.58. The van der Waals surface area contributed by atoms with Crippen molar-refractivity contribution in [2.75, 3.05) is 5.32 Å². The van der Waals surface area contributed by atoms with Crippen LogP contribution in [0.2, 0.25) is 0 Å². The van der Waals surface area contributed by atoms with Gasteiger partial charge in [-0.3, -0.25) is 0 Å². The summed E-state index contributed by atoms with van der Waals surface area (Å²) in [4.78, 5) is 7.57. The molecular formula is C18H22N3O. The second-order valence-corrected chi connectivity index (χ2v) is 7.76. The van der Waals surface area contributed by atoms with E-state index in [0.717, 1.165) is 47.5 Å². The van der Waals surface area contributed by atoms with Crippen LogP contribution in [0, 0.1) is 24.7 Å². The van der Waals surface area contributed by atoms with Crippen LogP contribution in [0.1, 0.15) is 37.7 Å². The molecule has 4 saturated carbocycles. The minimum absolute atomic E-state index is 0.371. The largest absolute Gasteiger partial charge is 0.390 e. The number of pyridine rings is 1. The van der Waals surface area contributed by atoms with E-state index in [0.29, 0.717) is 17.9 Å². The van der Waals surface area contributed by atoms with Gasteiger partial charge in [-0.2, -0.15) is 0 Å². The Hall–Kier alpha value is -1.55. The fraction of sp³-hybridized carbons (Fsp3) is 0.556. The molecule has 4 fully saturated rings. The van der Waals surface area contributed by atoms with Crippen LogP contribution in [0.4, 0.5) is 5.69 Å². The molecule has 2 aromatic heterocycles. The third-order valence-electron chi connectivity index (χ3n) is 6.22. The summed E-state index contributed by atoms with van der Waals surface area (Å²) in [6.45, 7) is 4.16. The van der Waals surface area contributed by atoms with E-state index < -0.39 is 0 Å². The maximum absolute atomic E-state index is 10.7. The topological polar surface area (TPSA) is 60.9 Å². The quantitative estimate of drug-likeness (QED) is 0.798. The molecule has 2 aromatic rings. The van der Waals surface area contributed by atoms with Crippen LogP contribution in [0.3, 0.4) is 0 Å². The number of anilines is 1. The monoisotopic (exact) mass is 296 g/mol. The van der Waals surface area contributed by atoms with Crippen molar-refractivity contribution in [3.8, 4) is 0 Å². The van der Waals surface area contributed by atoms with E-state index in [1.807, 2.05) is 12.4 Å². The first kappa shape index (κ1) is 12.9. The number of aromatic nitrogens is 2. The first-order valence-electron chi connectivity index (χ1n) is 8.38. The fourth-order valence-corrected chi connectivity index (χ4v) is 5.60. The zero-order valence-electron chi connectivity index (χ0n) is 12.7. The zero-order chi connectivity index (χ0) is 14.9. The van der Waals surface area contributed by atoms with Gasteiger partial charge in [0.25, 0.3) is 0 Å². The van der Waals surface area contributed by atoms with Crippen LogP contribution >= 0.6 is 0 Å². The molecule has 0 spiro atoms. The van der Waals surface area contributed by atoms with E-state index in [2.05, 4.69) is 28.3 Å². The second-order valence-electron chi connectivity index (χ2n) is 7.76. The van der Waals surface area contributed by atoms with Crippen molar-refractivity contribution in [3.63, 3.8) is 0 Å². The molecular weight excluding hydrogens is 274 g/mol. The Labute approximate surface area is 130 Å². The van der Waals surface area contributed by atoms with Crippen molar-refractivity contribution in [2.24, 2.45) is 17.8 Å². The predicted octanol–water partition coefficient (Wildman–Crippen LogP) is 3.10.